The molecule has 0 amide bonds. The summed E-state index contributed by atoms with van der Waals surface area (Å²) in [5.41, 5.74) is 0. The van der Waals surface area contributed by atoms with Crippen molar-refractivity contribution in [3.05, 3.63) is 40.6 Å². The lowest BCUT2D eigenvalue weighted by atomic mass is 10.1. The van der Waals surface area contributed by atoms with Crippen LogP contribution in [0.25, 0.3) is 0 Å². The summed E-state index contributed by atoms with van der Waals surface area (Å²) in [7, 11) is -4.03. The first-order valence-electron chi connectivity index (χ1n) is 5.68. The van der Waals surface area contributed by atoms with Crippen LogP contribution in [-0.4, -0.2) is 25.5 Å². The molecule has 1 aliphatic rings. The fraction of sp³-hybridized carbons (Fsp3) is 0.250. The largest absolute Gasteiger partial charge is 0.481 e. The third kappa shape index (κ3) is 3.25. The van der Waals surface area contributed by atoms with Gasteiger partial charge < -0.3 is 5.11 Å². The van der Waals surface area contributed by atoms with E-state index in [-0.39, 0.29) is 6.42 Å². The molecule has 0 fully saturated rings. The van der Waals surface area contributed by atoms with E-state index < -0.39 is 38.7 Å². The van der Waals surface area contributed by atoms with Crippen LogP contribution in [0.15, 0.2) is 39.7 Å². The van der Waals surface area contributed by atoms with Gasteiger partial charge in [-0.25, -0.2) is 17.5 Å². The normalized spacial score (nSPS) is 22.1. The molecule has 108 valence electrons. The molecule has 20 heavy (non-hydrogen) atoms. The lowest BCUT2D eigenvalue weighted by molar-refractivity contribution is -0.140. The van der Waals surface area contributed by atoms with Crippen LogP contribution in [0.4, 0.5) is 4.39 Å². The van der Waals surface area contributed by atoms with E-state index in [1.165, 1.54) is 18.2 Å². The molecule has 1 aromatic rings. The molecule has 1 aliphatic carbocycles. The number of carboxylic acids is 1. The summed E-state index contributed by atoms with van der Waals surface area (Å²) in [4.78, 5) is 10.3. The van der Waals surface area contributed by atoms with Crippen LogP contribution in [0, 0.1) is 11.7 Å². The molecule has 0 saturated heterocycles. The van der Waals surface area contributed by atoms with Gasteiger partial charge in [0.2, 0.25) is 10.0 Å². The van der Waals surface area contributed by atoms with Crippen molar-refractivity contribution in [3.63, 3.8) is 0 Å². The predicted molar refractivity (Wildman–Crippen MR) is 73.1 cm³/mol. The number of benzene rings is 1. The quantitative estimate of drug-likeness (QED) is 0.800. The molecule has 2 rings (SSSR count). The number of rotatable bonds is 4. The highest BCUT2D eigenvalue weighted by atomic mass is 79.9. The van der Waals surface area contributed by atoms with E-state index in [1.807, 2.05) is 0 Å². The average Bonchev–Trinajstić information content (AvgIpc) is 2.76. The third-order valence-electron chi connectivity index (χ3n) is 2.89. The molecule has 2 atom stereocenters. The number of nitrogens with one attached hydrogen (secondary N) is 1. The topological polar surface area (TPSA) is 83.5 Å². The number of carbonyl (C=O) groups is 1. The number of hydrogen-bond acceptors (Lipinski definition) is 3. The van der Waals surface area contributed by atoms with Gasteiger partial charge in [-0.1, -0.05) is 28.1 Å². The zero-order valence-electron chi connectivity index (χ0n) is 10.1. The molecular formula is C12H11BrFNO4S. The summed E-state index contributed by atoms with van der Waals surface area (Å²) in [5, 5.41) is 8.83. The minimum atomic E-state index is -4.03. The first kappa shape index (κ1) is 15.1. The fourth-order valence-corrected chi connectivity index (χ4v) is 3.52. The highest BCUT2D eigenvalue weighted by molar-refractivity contribution is 9.10. The Hall–Kier alpha value is -1.25. The van der Waals surface area contributed by atoms with Crippen LogP contribution in [0.2, 0.25) is 0 Å². The first-order valence-corrected chi connectivity index (χ1v) is 7.96. The predicted octanol–water partition coefficient (Wildman–Crippen LogP) is 1.90. The molecule has 1 aromatic carbocycles. The smallest absolute Gasteiger partial charge is 0.310 e. The second-order valence-corrected chi connectivity index (χ2v) is 6.97. The van der Waals surface area contributed by atoms with Gasteiger partial charge in [0, 0.05) is 10.5 Å². The number of hydrogen-bond donors (Lipinski definition) is 2. The highest BCUT2D eigenvalue weighted by Crippen LogP contribution is 2.23. The van der Waals surface area contributed by atoms with Gasteiger partial charge in [0.05, 0.1) is 5.92 Å². The zero-order valence-corrected chi connectivity index (χ0v) is 12.5. The van der Waals surface area contributed by atoms with E-state index in [0.29, 0.717) is 4.47 Å². The van der Waals surface area contributed by atoms with Crippen LogP contribution in [-0.2, 0) is 14.8 Å². The Bertz CT molecular complexity index is 674. The first-order chi connectivity index (χ1) is 9.29. The molecule has 0 aromatic heterocycles. The molecule has 0 saturated carbocycles. The maximum atomic E-state index is 13.7. The summed E-state index contributed by atoms with van der Waals surface area (Å²) in [6.07, 6.45) is 3.01. The molecule has 2 unspecified atom stereocenters. The molecule has 8 heteroatoms. The van der Waals surface area contributed by atoms with Crippen molar-refractivity contribution < 1.29 is 22.7 Å². The van der Waals surface area contributed by atoms with E-state index in [1.54, 1.807) is 0 Å². The maximum Gasteiger partial charge on any atom is 0.310 e. The van der Waals surface area contributed by atoms with Crippen molar-refractivity contribution in [3.8, 4) is 0 Å². The third-order valence-corrected chi connectivity index (χ3v) is 4.91. The Morgan fingerprint density at radius 1 is 1.40 bits per heavy atom. The SMILES string of the molecule is O=C(O)C1C=CC(NS(=O)(=O)c2ccc(Br)cc2F)C1. The minimum absolute atomic E-state index is 0.118. The van der Waals surface area contributed by atoms with E-state index in [9.17, 15) is 17.6 Å². The van der Waals surface area contributed by atoms with E-state index >= 15 is 0 Å². The van der Waals surface area contributed by atoms with Crippen LogP contribution in [0.5, 0.6) is 0 Å². The van der Waals surface area contributed by atoms with Crippen molar-refractivity contribution in [1.29, 1.82) is 0 Å². The molecular weight excluding hydrogens is 353 g/mol. The Morgan fingerprint density at radius 2 is 2.10 bits per heavy atom. The molecule has 0 heterocycles. The van der Waals surface area contributed by atoms with Crippen molar-refractivity contribution in [2.24, 2.45) is 5.92 Å². The van der Waals surface area contributed by atoms with Gasteiger partial charge in [-0.2, -0.15) is 0 Å². The Labute approximate surface area is 123 Å². The van der Waals surface area contributed by atoms with Crippen LogP contribution >= 0.6 is 15.9 Å². The van der Waals surface area contributed by atoms with Gasteiger partial charge in [0.25, 0.3) is 0 Å². The summed E-state index contributed by atoms with van der Waals surface area (Å²) in [6.45, 7) is 0. The van der Waals surface area contributed by atoms with Crippen molar-refractivity contribution in [1.82, 2.24) is 4.72 Å². The molecule has 0 radical (unpaired) electrons. The number of halogens is 2. The molecule has 5 nitrogen and oxygen atoms in total. The molecule has 0 spiro atoms. The van der Waals surface area contributed by atoms with Crippen LogP contribution in [0.3, 0.4) is 0 Å². The van der Waals surface area contributed by atoms with Gasteiger partial charge in [0.15, 0.2) is 0 Å². The minimum Gasteiger partial charge on any atom is -0.481 e. The van der Waals surface area contributed by atoms with E-state index in [4.69, 9.17) is 5.11 Å². The van der Waals surface area contributed by atoms with Crippen molar-refractivity contribution in [2.45, 2.75) is 17.4 Å². The monoisotopic (exact) mass is 363 g/mol. The Kier molecular flexibility index (Phi) is 4.26. The second-order valence-electron chi connectivity index (χ2n) is 4.37. The van der Waals surface area contributed by atoms with Gasteiger partial charge in [-0.05, 0) is 24.6 Å². The summed E-state index contributed by atoms with van der Waals surface area (Å²) >= 11 is 3.04. The highest BCUT2D eigenvalue weighted by Gasteiger charge is 2.29. The summed E-state index contributed by atoms with van der Waals surface area (Å²) in [6, 6.07) is 2.97. The Morgan fingerprint density at radius 3 is 2.65 bits per heavy atom. The standard InChI is InChI=1S/C12H11BrFNO4S/c13-8-2-4-11(10(14)6-8)20(18,19)15-9-3-1-7(5-9)12(16)17/h1-4,6-7,9,15H,5H2,(H,16,17). The number of carboxylic acid groups (broad SMARTS) is 1. The van der Waals surface area contributed by atoms with E-state index in [2.05, 4.69) is 20.7 Å². The lowest BCUT2D eigenvalue weighted by Gasteiger charge is -2.13. The van der Waals surface area contributed by atoms with E-state index in [0.717, 1.165) is 12.1 Å². The van der Waals surface area contributed by atoms with Crippen LogP contribution in [0.1, 0.15) is 6.42 Å². The van der Waals surface area contributed by atoms with Crippen molar-refractivity contribution >= 4 is 31.9 Å². The number of aliphatic carboxylic acids is 1. The Balaban J connectivity index is 2.17. The molecule has 0 bridgehead atoms. The fourth-order valence-electron chi connectivity index (χ4n) is 1.93. The maximum absolute atomic E-state index is 13.7. The van der Waals surface area contributed by atoms with Crippen molar-refractivity contribution in [2.75, 3.05) is 0 Å². The second kappa shape index (κ2) is 5.63. The van der Waals surface area contributed by atoms with Gasteiger partial charge in [0.1, 0.15) is 10.7 Å². The van der Waals surface area contributed by atoms with Crippen LogP contribution < -0.4 is 4.72 Å². The van der Waals surface area contributed by atoms with Gasteiger partial charge >= 0.3 is 5.97 Å². The average molecular weight is 364 g/mol. The van der Waals surface area contributed by atoms with Gasteiger partial charge in [-0.3, -0.25) is 4.79 Å². The van der Waals surface area contributed by atoms with Gasteiger partial charge in [-0.15, -0.1) is 0 Å². The molecule has 2 N–H and O–H groups in total. The lowest BCUT2D eigenvalue weighted by Crippen LogP contribution is -2.33. The summed E-state index contributed by atoms with van der Waals surface area (Å²) < 4.78 is 40.5. The number of sulfonamides is 1. The zero-order chi connectivity index (χ0) is 14.9. The molecule has 0 aliphatic heterocycles. The summed E-state index contributed by atoms with van der Waals surface area (Å²) in [5.74, 6) is -2.61.